The van der Waals surface area contributed by atoms with Gasteiger partial charge in [0.25, 0.3) is 0 Å². The molecule has 1 saturated heterocycles. The summed E-state index contributed by atoms with van der Waals surface area (Å²) in [5.41, 5.74) is 4.62. The molecule has 4 nitrogen and oxygen atoms in total. The quantitative estimate of drug-likeness (QED) is 0.896. The Morgan fingerprint density at radius 2 is 2.04 bits per heavy atom. The maximum atomic E-state index is 11.8. The van der Waals surface area contributed by atoms with Crippen LogP contribution in [-0.4, -0.2) is 35.7 Å². The zero-order chi connectivity index (χ0) is 18.0. The van der Waals surface area contributed by atoms with Gasteiger partial charge in [0.15, 0.2) is 0 Å². The molecule has 4 heteroatoms. The van der Waals surface area contributed by atoms with Crippen LogP contribution in [0.4, 0.5) is 0 Å². The second-order valence-electron chi connectivity index (χ2n) is 6.77. The van der Waals surface area contributed by atoms with Gasteiger partial charge in [-0.15, -0.1) is 0 Å². The second kappa shape index (κ2) is 7.28. The summed E-state index contributed by atoms with van der Waals surface area (Å²) in [7, 11) is 1.65. The molecule has 0 aliphatic carbocycles. The van der Waals surface area contributed by atoms with Crippen molar-refractivity contribution in [3.8, 4) is 5.75 Å². The Bertz CT molecular complexity index is 771. The summed E-state index contributed by atoms with van der Waals surface area (Å²) in [6.07, 6.45) is 1.60. The van der Waals surface area contributed by atoms with Crippen molar-refractivity contribution < 1.29 is 14.6 Å². The van der Waals surface area contributed by atoms with Crippen LogP contribution in [0.3, 0.4) is 0 Å². The first-order chi connectivity index (χ1) is 12.0. The fourth-order valence-corrected chi connectivity index (χ4v) is 3.86. The largest absolute Gasteiger partial charge is 0.497 e. The van der Waals surface area contributed by atoms with E-state index in [9.17, 15) is 9.90 Å². The third-order valence-corrected chi connectivity index (χ3v) is 5.04. The number of carboxylic acids is 1. The summed E-state index contributed by atoms with van der Waals surface area (Å²) in [5.74, 6) is 0.0495. The number of likely N-dealkylation sites (tertiary alicyclic amines) is 1. The van der Waals surface area contributed by atoms with E-state index >= 15 is 0 Å². The molecule has 3 rings (SSSR count). The Morgan fingerprint density at radius 3 is 2.72 bits per heavy atom. The van der Waals surface area contributed by atoms with E-state index < -0.39 is 12.0 Å². The Hall–Kier alpha value is -2.33. The van der Waals surface area contributed by atoms with Crippen molar-refractivity contribution in [2.75, 3.05) is 13.7 Å². The molecule has 0 aromatic heterocycles. The zero-order valence-electron chi connectivity index (χ0n) is 15.0. The molecule has 0 saturated carbocycles. The van der Waals surface area contributed by atoms with Crippen LogP contribution >= 0.6 is 0 Å². The van der Waals surface area contributed by atoms with Crippen LogP contribution < -0.4 is 4.74 Å². The highest BCUT2D eigenvalue weighted by Crippen LogP contribution is 2.37. The Balaban J connectivity index is 2.12. The first-order valence-corrected chi connectivity index (χ1v) is 8.71. The van der Waals surface area contributed by atoms with Crippen molar-refractivity contribution in [2.45, 2.75) is 38.8 Å². The number of benzene rings is 2. The molecule has 0 amide bonds. The highest BCUT2D eigenvalue weighted by atomic mass is 16.5. The van der Waals surface area contributed by atoms with Gasteiger partial charge in [0.05, 0.1) is 13.2 Å². The lowest BCUT2D eigenvalue weighted by Crippen LogP contribution is -2.39. The molecule has 0 radical (unpaired) electrons. The first-order valence-electron chi connectivity index (χ1n) is 8.71. The van der Waals surface area contributed by atoms with E-state index in [4.69, 9.17) is 4.74 Å². The van der Waals surface area contributed by atoms with Crippen molar-refractivity contribution >= 4 is 5.97 Å². The van der Waals surface area contributed by atoms with Gasteiger partial charge in [0.2, 0.25) is 0 Å². The summed E-state index contributed by atoms with van der Waals surface area (Å²) < 4.78 is 5.39. The number of methoxy groups -OCH3 is 1. The number of hydrogen-bond acceptors (Lipinski definition) is 3. The molecule has 0 spiro atoms. The molecular formula is C21H25NO3. The number of carboxylic acid groups (broad SMARTS) is 1. The van der Waals surface area contributed by atoms with Crippen LogP contribution in [0.15, 0.2) is 42.5 Å². The number of rotatable bonds is 5. The van der Waals surface area contributed by atoms with Gasteiger partial charge in [-0.25, -0.2) is 0 Å². The van der Waals surface area contributed by atoms with Crippen LogP contribution in [0, 0.1) is 13.8 Å². The normalized spacial score (nSPS) is 18.9. The van der Waals surface area contributed by atoms with Gasteiger partial charge in [0, 0.05) is 6.54 Å². The molecule has 1 fully saturated rings. The lowest BCUT2D eigenvalue weighted by atomic mass is 9.92. The third-order valence-electron chi connectivity index (χ3n) is 5.04. The van der Waals surface area contributed by atoms with Crippen molar-refractivity contribution in [3.63, 3.8) is 0 Å². The molecule has 2 unspecified atom stereocenters. The number of aliphatic carboxylic acids is 1. The van der Waals surface area contributed by atoms with Gasteiger partial charge < -0.3 is 9.84 Å². The average Bonchev–Trinajstić information content (AvgIpc) is 3.07. The number of nitrogens with zero attached hydrogens (tertiary/aromatic N) is 1. The van der Waals surface area contributed by atoms with Crippen molar-refractivity contribution in [1.82, 2.24) is 4.90 Å². The first kappa shape index (κ1) is 17.5. The summed E-state index contributed by atoms with van der Waals surface area (Å²) in [4.78, 5) is 13.9. The maximum Gasteiger partial charge on any atom is 0.320 e. The van der Waals surface area contributed by atoms with Crippen molar-refractivity contribution in [2.24, 2.45) is 0 Å². The number of carbonyl (C=O) groups is 1. The third kappa shape index (κ3) is 3.54. The van der Waals surface area contributed by atoms with Gasteiger partial charge in [0.1, 0.15) is 11.8 Å². The number of ether oxygens (including phenoxy) is 1. The fraction of sp³-hybridized carbons (Fsp3) is 0.381. The van der Waals surface area contributed by atoms with Crippen LogP contribution in [0.25, 0.3) is 0 Å². The van der Waals surface area contributed by atoms with E-state index in [2.05, 4.69) is 43.0 Å². The van der Waals surface area contributed by atoms with Gasteiger partial charge in [-0.3, -0.25) is 9.69 Å². The molecule has 132 valence electrons. The molecule has 1 aliphatic rings. The van der Waals surface area contributed by atoms with Crippen molar-refractivity contribution in [1.29, 1.82) is 0 Å². The summed E-state index contributed by atoms with van der Waals surface area (Å²) in [5, 5.41) is 9.67. The molecule has 1 N–H and O–H groups in total. The second-order valence-corrected chi connectivity index (χ2v) is 6.77. The predicted molar refractivity (Wildman–Crippen MR) is 98.1 cm³/mol. The maximum absolute atomic E-state index is 11.8. The highest BCUT2D eigenvalue weighted by molar-refractivity contribution is 5.74. The molecule has 25 heavy (non-hydrogen) atoms. The van der Waals surface area contributed by atoms with Crippen LogP contribution in [0.1, 0.15) is 41.1 Å². The smallest absolute Gasteiger partial charge is 0.320 e. The van der Waals surface area contributed by atoms with E-state index in [-0.39, 0.29) is 6.04 Å². The minimum Gasteiger partial charge on any atom is -0.497 e. The van der Waals surface area contributed by atoms with E-state index in [1.165, 1.54) is 11.1 Å². The lowest BCUT2D eigenvalue weighted by Gasteiger charge is -2.33. The highest BCUT2D eigenvalue weighted by Gasteiger charge is 2.37. The fourth-order valence-electron chi connectivity index (χ4n) is 3.86. The van der Waals surface area contributed by atoms with Crippen LogP contribution in [0.2, 0.25) is 0 Å². The van der Waals surface area contributed by atoms with Gasteiger partial charge in [-0.05, 0) is 55.5 Å². The summed E-state index contributed by atoms with van der Waals surface area (Å²) in [6, 6.07) is 13.8. The topological polar surface area (TPSA) is 49.8 Å². The summed E-state index contributed by atoms with van der Waals surface area (Å²) >= 11 is 0. The zero-order valence-corrected chi connectivity index (χ0v) is 15.0. The SMILES string of the molecule is COc1cccc(C(c2ccc(C)cc2C)N2CCCC2C(=O)O)c1. The van der Waals surface area contributed by atoms with E-state index in [1.807, 2.05) is 18.2 Å². The molecular weight excluding hydrogens is 314 g/mol. The Morgan fingerprint density at radius 1 is 1.24 bits per heavy atom. The van der Waals surface area contributed by atoms with Crippen LogP contribution in [-0.2, 0) is 4.79 Å². The molecule has 0 bridgehead atoms. The van der Waals surface area contributed by atoms with E-state index in [1.54, 1.807) is 7.11 Å². The van der Waals surface area contributed by atoms with E-state index in [0.29, 0.717) is 6.42 Å². The van der Waals surface area contributed by atoms with Gasteiger partial charge in [-0.2, -0.15) is 0 Å². The molecule has 2 aromatic carbocycles. The van der Waals surface area contributed by atoms with Crippen molar-refractivity contribution in [3.05, 3.63) is 64.7 Å². The van der Waals surface area contributed by atoms with Gasteiger partial charge >= 0.3 is 5.97 Å². The number of aryl methyl sites for hydroxylation is 2. The van der Waals surface area contributed by atoms with Gasteiger partial charge in [-0.1, -0.05) is 35.9 Å². The molecule has 1 heterocycles. The minimum absolute atomic E-state index is 0.0840. The minimum atomic E-state index is -0.741. The standard InChI is InChI=1S/C21H25NO3/c1-14-9-10-18(15(2)12-14)20(16-6-4-7-17(13-16)25-3)22-11-5-8-19(22)21(23)24/h4,6-7,9-10,12-13,19-20H,5,8,11H2,1-3H3,(H,23,24). The van der Waals surface area contributed by atoms with E-state index in [0.717, 1.165) is 29.8 Å². The Kier molecular flexibility index (Phi) is 5.09. The lowest BCUT2D eigenvalue weighted by molar-refractivity contribution is -0.142. The predicted octanol–water partition coefficient (Wildman–Crippen LogP) is 3.95. The summed E-state index contributed by atoms with van der Waals surface area (Å²) in [6.45, 7) is 4.96. The monoisotopic (exact) mass is 339 g/mol. The molecule has 1 aliphatic heterocycles. The number of hydrogen-bond donors (Lipinski definition) is 1. The Labute approximate surface area is 149 Å². The molecule has 2 aromatic rings. The molecule has 2 atom stereocenters. The van der Waals surface area contributed by atoms with Crippen LogP contribution in [0.5, 0.6) is 5.75 Å². The average molecular weight is 339 g/mol.